The third-order valence-electron chi connectivity index (χ3n) is 4.59. The number of hydrogen-bond acceptors (Lipinski definition) is 4. The van der Waals surface area contributed by atoms with Gasteiger partial charge in [0.25, 0.3) is 0 Å². The second kappa shape index (κ2) is 5.97. The maximum absolute atomic E-state index is 12.3. The number of fused-ring (bicyclic) bond motifs is 4. The van der Waals surface area contributed by atoms with E-state index in [4.69, 9.17) is 4.74 Å². The first-order valence-corrected chi connectivity index (χ1v) is 8.61. The summed E-state index contributed by atoms with van der Waals surface area (Å²) >= 11 is 0. The van der Waals surface area contributed by atoms with Crippen molar-refractivity contribution in [2.75, 3.05) is 18.0 Å². The fraction of sp³-hybridized carbons (Fsp3) is 0.412. The zero-order valence-corrected chi connectivity index (χ0v) is 14.1. The van der Waals surface area contributed by atoms with Crippen molar-refractivity contribution in [3.05, 3.63) is 46.4 Å². The first-order valence-electron chi connectivity index (χ1n) is 8.03. The van der Waals surface area contributed by atoms with Crippen molar-refractivity contribution in [3.63, 3.8) is 0 Å². The molecule has 2 unspecified atom stereocenters. The lowest BCUT2D eigenvalue weighted by Crippen LogP contribution is -2.46. The summed E-state index contributed by atoms with van der Waals surface area (Å²) in [6, 6.07) is 9.97. The average Bonchev–Trinajstić information content (AvgIpc) is 2.55. The number of piperidine rings is 1. The Balaban J connectivity index is 1.58. The van der Waals surface area contributed by atoms with Gasteiger partial charge in [-0.05, 0) is 35.7 Å². The largest absolute Gasteiger partial charge is 0.473 e. The Labute approximate surface area is 137 Å². The Kier molecular flexibility index (Phi) is 3.82. The van der Waals surface area contributed by atoms with Gasteiger partial charge in [0.1, 0.15) is 12.4 Å². The molecule has 3 heterocycles. The van der Waals surface area contributed by atoms with Crippen LogP contribution in [0, 0.1) is 5.92 Å². The smallest absolute Gasteiger partial charge is 0.352 e. The molecule has 1 aromatic heterocycles. The van der Waals surface area contributed by atoms with Crippen molar-refractivity contribution >= 4 is 20.4 Å². The van der Waals surface area contributed by atoms with Gasteiger partial charge in [0.2, 0.25) is 5.88 Å². The lowest BCUT2D eigenvalue weighted by atomic mass is 9.96. The van der Waals surface area contributed by atoms with Gasteiger partial charge in [0.15, 0.2) is 0 Å². The molecule has 120 valence electrons. The standard InChI is InChI=1S/C17H20N3O2P/c21-17-18-15(22-11-12-3-1-5-14(23)7-12)8-16-19-6-2-4-13(9-19)10-20(16)17/h1,3,5,7-8,13H,2,4,6,9-11,23H2. The van der Waals surface area contributed by atoms with E-state index in [1.807, 2.05) is 30.3 Å². The Hall–Kier alpha value is -1.87. The van der Waals surface area contributed by atoms with E-state index in [-0.39, 0.29) is 5.69 Å². The van der Waals surface area contributed by atoms with E-state index in [9.17, 15) is 4.79 Å². The molecule has 23 heavy (non-hydrogen) atoms. The Morgan fingerprint density at radius 2 is 2.22 bits per heavy atom. The number of nitrogens with zero attached hydrogens (tertiary/aromatic N) is 3. The molecule has 6 heteroatoms. The lowest BCUT2D eigenvalue weighted by Gasteiger charge is -2.40. The van der Waals surface area contributed by atoms with E-state index in [1.54, 1.807) is 4.57 Å². The van der Waals surface area contributed by atoms with Crippen LogP contribution < -0.4 is 20.6 Å². The summed E-state index contributed by atoms with van der Waals surface area (Å²) < 4.78 is 7.57. The van der Waals surface area contributed by atoms with Crippen molar-refractivity contribution in [3.8, 4) is 5.88 Å². The maximum atomic E-state index is 12.3. The van der Waals surface area contributed by atoms with E-state index in [2.05, 4.69) is 19.1 Å². The zero-order valence-electron chi connectivity index (χ0n) is 12.9. The number of aromatic nitrogens is 2. The van der Waals surface area contributed by atoms with Crippen LogP contribution in [0.5, 0.6) is 5.88 Å². The topological polar surface area (TPSA) is 47.4 Å². The molecule has 0 aliphatic carbocycles. The van der Waals surface area contributed by atoms with E-state index in [1.165, 1.54) is 12.8 Å². The van der Waals surface area contributed by atoms with Crippen LogP contribution in [0.2, 0.25) is 0 Å². The van der Waals surface area contributed by atoms with Crippen molar-refractivity contribution in [2.24, 2.45) is 5.92 Å². The van der Waals surface area contributed by atoms with Crippen LogP contribution >= 0.6 is 9.24 Å². The summed E-state index contributed by atoms with van der Waals surface area (Å²) in [5, 5.41) is 1.11. The van der Waals surface area contributed by atoms with Gasteiger partial charge >= 0.3 is 5.69 Å². The summed E-state index contributed by atoms with van der Waals surface area (Å²) in [5.74, 6) is 1.95. The van der Waals surface area contributed by atoms with Crippen molar-refractivity contribution in [1.29, 1.82) is 0 Å². The predicted molar refractivity (Wildman–Crippen MR) is 93.6 cm³/mol. The summed E-state index contributed by atoms with van der Waals surface area (Å²) in [5.41, 5.74) is 0.865. The van der Waals surface area contributed by atoms with Crippen molar-refractivity contribution < 1.29 is 4.74 Å². The van der Waals surface area contributed by atoms with Gasteiger partial charge in [-0.2, -0.15) is 4.98 Å². The van der Waals surface area contributed by atoms with Gasteiger partial charge in [-0.15, -0.1) is 9.24 Å². The van der Waals surface area contributed by atoms with Crippen LogP contribution in [-0.4, -0.2) is 22.6 Å². The first kappa shape index (κ1) is 14.7. The van der Waals surface area contributed by atoms with E-state index in [0.29, 0.717) is 18.4 Å². The molecule has 2 atom stereocenters. The summed E-state index contributed by atoms with van der Waals surface area (Å²) in [7, 11) is 2.67. The van der Waals surface area contributed by atoms with E-state index in [0.717, 1.165) is 36.3 Å². The van der Waals surface area contributed by atoms with Crippen molar-refractivity contribution in [1.82, 2.24) is 9.55 Å². The molecular weight excluding hydrogens is 309 g/mol. The third kappa shape index (κ3) is 2.98. The number of hydrogen-bond donors (Lipinski definition) is 0. The quantitative estimate of drug-likeness (QED) is 0.802. The van der Waals surface area contributed by atoms with Gasteiger partial charge in [-0.25, -0.2) is 4.79 Å². The molecule has 2 aliphatic rings. The third-order valence-corrected chi connectivity index (χ3v) is 4.95. The fourth-order valence-corrected chi connectivity index (χ4v) is 3.83. The minimum absolute atomic E-state index is 0.200. The second-order valence-electron chi connectivity index (χ2n) is 6.33. The second-order valence-corrected chi connectivity index (χ2v) is 7.00. The first-order chi connectivity index (χ1) is 11.2. The molecule has 5 nitrogen and oxygen atoms in total. The molecular formula is C17H20N3O2P. The summed E-state index contributed by atoms with van der Waals surface area (Å²) in [6.45, 7) is 3.25. The Morgan fingerprint density at radius 1 is 1.30 bits per heavy atom. The highest BCUT2D eigenvalue weighted by molar-refractivity contribution is 7.27. The predicted octanol–water partition coefficient (Wildman–Crippen LogP) is 1.55. The molecule has 4 rings (SSSR count). The van der Waals surface area contributed by atoms with Gasteiger partial charge in [-0.1, -0.05) is 18.2 Å². The molecule has 1 saturated heterocycles. The van der Waals surface area contributed by atoms with Crippen molar-refractivity contribution in [2.45, 2.75) is 26.0 Å². The molecule has 2 bridgehead atoms. The number of anilines is 1. The molecule has 0 N–H and O–H groups in total. The number of ether oxygens (including phenoxy) is 1. The van der Waals surface area contributed by atoms with Crippen LogP contribution in [-0.2, 0) is 13.2 Å². The van der Waals surface area contributed by atoms with Crippen LogP contribution in [0.3, 0.4) is 0 Å². The molecule has 2 aliphatic heterocycles. The van der Waals surface area contributed by atoms with Gasteiger partial charge in [0, 0.05) is 25.7 Å². The average molecular weight is 329 g/mol. The lowest BCUT2D eigenvalue weighted by molar-refractivity contribution is 0.283. The molecule has 0 saturated carbocycles. The highest BCUT2D eigenvalue weighted by atomic mass is 31.0. The highest BCUT2D eigenvalue weighted by Gasteiger charge is 2.29. The van der Waals surface area contributed by atoms with E-state index >= 15 is 0 Å². The zero-order chi connectivity index (χ0) is 15.8. The summed E-state index contributed by atoms with van der Waals surface area (Å²) in [4.78, 5) is 18.7. The molecule has 0 spiro atoms. The van der Waals surface area contributed by atoms with Gasteiger partial charge in [0.05, 0.1) is 0 Å². The molecule has 1 aromatic carbocycles. The summed E-state index contributed by atoms with van der Waals surface area (Å²) in [6.07, 6.45) is 2.39. The van der Waals surface area contributed by atoms with Gasteiger partial charge in [-0.3, -0.25) is 4.57 Å². The monoisotopic (exact) mass is 329 g/mol. The minimum atomic E-state index is -0.200. The SMILES string of the molecule is O=c1nc(OCc2cccc(P)c2)cc2n1CC1CCCN2C1. The molecule has 0 radical (unpaired) electrons. The highest BCUT2D eigenvalue weighted by Crippen LogP contribution is 2.30. The normalized spacial score (nSPS) is 19.3. The van der Waals surface area contributed by atoms with Crippen LogP contribution in [0.15, 0.2) is 35.1 Å². The van der Waals surface area contributed by atoms with Crippen LogP contribution in [0.4, 0.5) is 5.82 Å². The molecule has 0 amide bonds. The fourth-order valence-electron chi connectivity index (χ4n) is 3.50. The van der Waals surface area contributed by atoms with Gasteiger partial charge < -0.3 is 9.64 Å². The number of benzene rings is 1. The Morgan fingerprint density at radius 3 is 3.09 bits per heavy atom. The maximum Gasteiger partial charge on any atom is 0.352 e. The van der Waals surface area contributed by atoms with Crippen LogP contribution in [0.25, 0.3) is 0 Å². The molecule has 1 fully saturated rings. The van der Waals surface area contributed by atoms with E-state index < -0.39 is 0 Å². The Bertz CT molecular complexity index is 790. The molecule has 2 aromatic rings. The number of rotatable bonds is 3. The van der Waals surface area contributed by atoms with Crippen LogP contribution in [0.1, 0.15) is 18.4 Å². The minimum Gasteiger partial charge on any atom is -0.473 e.